The van der Waals surface area contributed by atoms with Crippen LogP contribution in [0.25, 0.3) is 5.69 Å². The predicted molar refractivity (Wildman–Crippen MR) is 116 cm³/mol. The topological polar surface area (TPSA) is 93.5 Å². The van der Waals surface area contributed by atoms with Gasteiger partial charge in [0.05, 0.1) is 16.9 Å². The molecule has 5 rings (SSSR count). The van der Waals surface area contributed by atoms with Gasteiger partial charge in [-0.3, -0.25) is 14.5 Å². The van der Waals surface area contributed by atoms with Crippen molar-refractivity contribution in [2.75, 3.05) is 5.32 Å². The van der Waals surface area contributed by atoms with Crippen molar-refractivity contribution in [3.8, 4) is 5.69 Å². The van der Waals surface area contributed by atoms with Crippen molar-refractivity contribution in [2.24, 2.45) is 0 Å². The molecule has 0 bridgehead atoms. The number of rotatable bonds is 4. The molecule has 1 aromatic heterocycles. The fourth-order valence-electron chi connectivity index (χ4n) is 4.27. The summed E-state index contributed by atoms with van der Waals surface area (Å²) in [5.74, 6) is -0.538. The molecule has 8 heteroatoms. The van der Waals surface area contributed by atoms with E-state index in [9.17, 15) is 14.4 Å². The molecule has 162 valence electrons. The van der Waals surface area contributed by atoms with E-state index in [1.165, 1.54) is 4.90 Å². The number of hydrogen-bond acceptors (Lipinski definition) is 5. The van der Waals surface area contributed by atoms with Crippen molar-refractivity contribution in [3.63, 3.8) is 0 Å². The second kappa shape index (κ2) is 7.64. The molecule has 32 heavy (non-hydrogen) atoms. The van der Waals surface area contributed by atoms with Gasteiger partial charge in [-0.25, -0.2) is 9.48 Å². The minimum atomic E-state index is -0.895. The first kappa shape index (κ1) is 20.0. The number of esters is 1. The molecule has 3 heterocycles. The number of cyclic esters (lactones) is 1. The lowest BCUT2D eigenvalue weighted by Crippen LogP contribution is -2.44. The fraction of sp³-hybridized carbons (Fsp3) is 0.250. The van der Waals surface area contributed by atoms with Gasteiger partial charge >= 0.3 is 5.97 Å². The Morgan fingerprint density at radius 3 is 2.62 bits per heavy atom. The molecule has 1 fully saturated rings. The molecule has 2 aliphatic heterocycles. The third-order valence-corrected chi connectivity index (χ3v) is 5.84. The van der Waals surface area contributed by atoms with Gasteiger partial charge in [-0.1, -0.05) is 35.9 Å². The van der Waals surface area contributed by atoms with E-state index in [0.29, 0.717) is 23.4 Å². The van der Waals surface area contributed by atoms with Gasteiger partial charge in [0.2, 0.25) is 18.0 Å². The third-order valence-electron chi connectivity index (χ3n) is 5.84. The first-order valence-electron chi connectivity index (χ1n) is 10.5. The molecule has 1 saturated heterocycles. The number of anilines is 1. The molecule has 0 saturated carbocycles. The van der Waals surface area contributed by atoms with Gasteiger partial charge < -0.3 is 10.1 Å². The van der Waals surface area contributed by atoms with Gasteiger partial charge in [0.15, 0.2) is 0 Å². The molecule has 2 unspecified atom stereocenters. The number of ether oxygens (including phenoxy) is 1. The van der Waals surface area contributed by atoms with Crippen molar-refractivity contribution < 1.29 is 19.1 Å². The summed E-state index contributed by atoms with van der Waals surface area (Å²) in [4.78, 5) is 39.6. The summed E-state index contributed by atoms with van der Waals surface area (Å²) in [6.07, 6.45) is -0.337. The van der Waals surface area contributed by atoms with Gasteiger partial charge in [0, 0.05) is 18.1 Å². The Bertz CT molecular complexity index is 1230. The van der Waals surface area contributed by atoms with Crippen LogP contribution in [0.1, 0.15) is 46.2 Å². The lowest BCUT2D eigenvalue weighted by Gasteiger charge is -2.29. The van der Waals surface area contributed by atoms with E-state index in [1.807, 2.05) is 38.1 Å². The van der Waals surface area contributed by atoms with Crippen LogP contribution in [0.4, 0.5) is 5.82 Å². The molecule has 2 amide bonds. The minimum Gasteiger partial charge on any atom is -0.433 e. The Morgan fingerprint density at radius 2 is 1.84 bits per heavy atom. The van der Waals surface area contributed by atoms with E-state index in [0.717, 1.165) is 16.9 Å². The van der Waals surface area contributed by atoms with Gasteiger partial charge in [-0.15, -0.1) is 0 Å². The maximum atomic E-state index is 13.3. The van der Waals surface area contributed by atoms with Crippen LogP contribution in [-0.2, 0) is 14.3 Å². The van der Waals surface area contributed by atoms with E-state index < -0.39 is 18.2 Å². The number of nitrogens with one attached hydrogen (secondary N) is 1. The lowest BCUT2D eigenvalue weighted by atomic mass is 10.1. The predicted octanol–water partition coefficient (Wildman–Crippen LogP) is 3.29. The number of aromatic nitrogens is 2. The van der Waals surface area contributed by atoms with Crippen LogP contribution in [0.5, 0.6) is 0 Å². The highest BCUT2D eigenvalue weighted by Gasteiger charge is 2.46. The molecule has 1 N–H and O–H groups in total. The number of carbonyl (C=O) groups excluding carboxylic acids is 3. The second-order valence-corrected chi connectivity index (χ2v) is 8.11. The number of fused-ring (bicyclic) bond motifs is 1. The van der Waals surface area contributed by atoms with Gasteiger partial charge in [0.1, 0.15) is 11.9 Å². The highest BCUT2D eigenvalue weighted by Crippen LogP contribution is 2.38. The Morgan fingerprint density at radius 1 is 1.09 bits per heavy atom. The van der Waals surface area contributed by atoms with Crippen LogP contribution in [-0.4, -0.2) is 38.5 Å². The largest absolute Gasteiger partial charge is 0.433 e. The Hall–Kier alpha value is -3.94. The zero-order valence-electron chi connectivity index (χ0n) is 17.7. The summed E-state index contributed by atoms with van der Waals surface area (Å²) in [6.45, 7) is 3.85. The van der Waals surface area contributed by atoms with E-state index in [2.05, 4.69) is 10.4 Å². The molecular weight excluding hydrogens is 408 g/mol. The fourth-order valence-corrected chi connectivity index (χ4v) is 4.27. The summed E-state index contributed by atoms with van der Waals surface area (Å²) < 4.78 is 7.16. The van der Waals surface area contributed by atoms with Crippen molar-refractivity contribution in [1.29, 1.82) is 0 Å². The number of benzene rings is 2. The van der Waals surface area contributed by atoms with Crippen LogP contribution in [0.15, 0.2) is 54.6 Å². The Labute approximate surface area is 184 Å². The summed E-state index contributed by atoms with van der Waals surface area (Å²) in [7, 11) is 0. The van der Waals surface area contributed by atoms with Gasteiger partial charge in [-0.05, 0) is 38.5 Å². The van der Waals surface area contributed by atoms with Gasteiger partial charge in [-0.2, -0.15) is 5.10 Å². The summed E-state index contributed by atoms with van der Waals surface area (Å²) in [5.41, 5.74) is 3.71. The van der Waals surface area contributed by atoms with E-state index in [4.69, 9.17) is 4.74 Å². The number of nitrogens with zero attached hydrogens (tertiary/aromatic N) is 3. The Balaban J connectivity index is 1.42. The van der Waals surface area contributed by atoms with Gasteiger partial charge in [0.25, 0.3) is 0 Å². The second-order valence-electron chi connectivity index (χ2n) is 8.11. The molecule has 3 aromatic rings. The zero-order chi connectivity index (χ0) is 22.4. The molecule has 2 aliphatic rings. The molecule has 8 nitrogen and oxygen atoms in total. The maximum absolute atomic E-state index is 13.3. The quantitative estimate of drug-likeness (QED) is 0.641. The van der Waals surface area contributed by atoms with Crippen LogP contribution in [0, 0.1) is 13.8 Å². The van der Waals surface area contributed by atoms with E-state index >= 15 is 0 Å². The average molecular weight is 430 g/mol. The van der Waals surface area contributed by atoms with Crippen molar-refractivity contribution >= 4 is 23.6 Å². The molecule has 0 radical (unpaired) electrons. The smallest absolute Gasteiger partial charge is 0.340 e. The summed E-state index contributed by atoms with van der Waals surface area (Å²) in [6, 6.07) is 15.8. The van der Waals surface area contributed by atoms with Crippen molar-refractivity contribution in [2.45, 2.75) is 39.0 Å². The highest BCUT2D eigenvalue weighted by atomic mass is 16.6. The van der Waals surface area contributed by atoms with Crippen LogP contribution < -0.4 is 5.32 Å². The minimum absolute atomic E-state index is 0.213. The first-order valence-corrected chi connectivity index (χ1v) is 10.5. The number of hydrogen-bond donors (Lipinski definition) is 1. The Kier molecular flexibility index (Phi) is 4.77. The number of aryl methyl sites for hydroxylation is 2. The van der Waals surface area contributed by atoms with Crippen LogP contribution in [0.3, 0.4) is 0 Å². The maximum Gasteiger partial charge on any atom is 0.340 e. The van der Waals surface area contributed by atoms with Crippen molar-refractivity contribution in [3.05, 3.63) is 77.0 Å². The number of amides is 2. The summed E-state index contributed by atoms with van der Waals surface area (Å²) in [5, 5.41) is 7.42. The van der Waals surface area contributed by atoms with Crippen LogP contribution in [0.2, 0.25) is 0 Å². The third kappa shape index (κ3) is 3.33. The molecule has 0 aliphatic carbocycles. The molecular formula is C24H22N4O4. The summed E-state index contributed by atoms with van der Waals surface area (Å²) >= 11 is 0. The van der Waals surface area contributed by atoms with E-state index in [-0.39, 0.29) is 18.2 Å². The SMILES string of the molecule is Cc1ccc(-n2nc(C)cc2NC(=O)C2CCC(=O)N2C2OC(=O)c3ccccc32)cc1. The average Bonchev–Trinajstić information content (AvgIpc) is 3.44. The van der Waals surface area contributed by atoms with E-state index in [1.54, 1.807) is 35.0 Å². The normalized spacial score (nSPS) is 19.8. The standard InChI is InChI=1S/C24H22N4O4/c1-14-7-9-16(10-8-14)28-20(13-15(2)26-28)25-22(30)19-11-12-21(29)27(19)23-17-5-3-4-6-18(17)24(31)32-23/h3-10,13,19,23H,11-12H2,1-2H3,(H,25,30). The highest BCUT2D eigenvalue weighted by molar-refractivity contribution is 6.00. The lowest BCUT2D eigenvalue weighted by molar-refractivity contribution is -0.144. The number of carbonyl (C=O) groups is 3. The monoisotopic (exact) mass is 430 g/mol. The molecule has 0 spiro atoms. The zero-order valence-corrected chi connectivity index (χ0v) is 17.7. The van der Waals surface area contributed by atoms with Crippen molar-refractivity contribution in [1.82, 2.24) is 14.7 Å². The molecule has 2 atom stereocenters. The number of likely N-dealkylation sites (tertiary alicyclic amines) is 1. The molecule has 2 aromatic carbocycles. The first-order chi connectivity index (χ1) is 15.4. The van der Waals surface area contributed by atoms with Crippen LogP contribution >= 0.6 is 0 Å².